The standard InChI is InChI=1S/C20H23ClN4O3/c1-12-16(13(2)28-24-12)10-22-19(26)8-14-4-3-7-25(11-14)20-23-17-6-5-15(21)9-18(17)27-20/h5-6,9,14H,3-4,7-8,10-11H2,1-2H3,(H,22,26). The van der Waals surface area contributed by atoms with Crippen LogP contribution < -0.4 is 10.2 Å². The number of nitrogens with one attached hydrogen (secondary N) is 1. The number of halogens is 1. The van der Waals surface area contributed by atoms with Gasteiger partial charge in [-0.25, -0.2) is 0 Å². The smallest absolute Gasteiger partial charge is 0.298 e. The predicted octanol–water partition coefficient (Wildman–Crippen LogP) is 4.01. The van der Waals surface area contributed by atoms with Crippen molar-refractivity contribution in [3.8, 4) is 0 Å². The summed E-state index contributed by atoms with van der Waals surface area (Å²) >= 11 is 6.02. The molecule has 2 aromatic heterocycles. The lowest BCUT2D eigenvalue weighted by molar-refractivity contribution is -0.122. The summed E-state index contributed by atoms with van der Waals surface area (Å²) < 4.78 is 11.0. The molecule has 4 rings (SSSR count). The van der Waals surface area contributed by atoms with E-state index in [1.807, 2.05) is 19.9 Å². The van der Waals surface area contributed by atoms with Gasteiger partial charge in [0.2, 0.25) is 5.91 Å². The summed E-state index contributed by atoms with van der Waals surface area (Å²) in [6.07, 6.45) is 2.49. The number of piperidine rings is 1. The molecule has 1 unspecified atom stereocenters. The Hall–Kier alpha value is -2.54. The van der Waals surface area contributed by atoms with Gasteiger partial charge in [-0.3, -0.25) is 4.79 Å². The average Bonchev–Trinajstić information content (AvgIpc) is 3.23. The first-order valence-corrected chi connectivity index (χ1v) is 9.87. The first-order valence-electron chi connectivity index (χ1n) is 9.49. The second-order valence-corrected chi connectivity index (χ2v) is 7.78. The second kappa shape index (κ2) is 7.83. The van der Waals surface area contributed by atoms with Crippen LogP contribution in [0.5, 0.6) is 0 Å². The molecule has 1 fully saturated rings. The van der Waals surface area contributed by atoms with Crippen LogP contribution in [0.1, 0.15) is 36.3 Å². The van der Waals surface area contributed by atoms with Crippen LogP contribution in [0, 0.1) is 19.8 Å². The quantitative estimate of drug-likeness (QED) is 0.694. The highest BCUT2D eigenvalue weighted by molar-refractivity contribution is 6.31. The molecule has 0 bridgehead atoms. The molecular weight excluding hydrogens is 380 g/mol. The molecule has 148 valence electrons. The maximum Gasteiger partial charge on any atom is 0.298 e. The Morgan fingerprint density at radius 2 is 2.25 bits per heavy atom. The predicted molar refractivity (Wildman–Crippen MR) is 106 cm³/mol. The molecule has 0 aliphatic carbocycles. The minimum atomic E-state index is 0.0381. The Bertz CT molecular complexity index is 977. The van der Waals surface area contributed by atoms with Gasteiger partial charge in [-0.2, -0.15) is 4.98 Å². The molecule has 1 aliphatic rings. The van der Waals surface area contributed by atoms with Crippen LogP contribution in [0.4, 0.5) is 6.01 Å². The van der Waals surface area contributed by atoms with E-state index in [4.69, 9.17) is 20.5 Å². The lowest BCUT2D eigenvalue weighted by Gasteiger charge is -2.31. The first-order chi connectivity index (χ1) is 13.5. The minimum Gasteiger partial charge on any atom is -0.423 e. The lowest BCUT2D eigenvalue weighted by atomic mass is 9.94. The molecular formula is C20H23ClN4O3. The molecule has 1 atom stereocenters. The van der Waals surface area contributed by atoms with Gasteiger partial charge < -0.3 is 19.2 Å². The van der Waals surface area contributed by atoms with Gasteiger partial charge in [0.1, 0.15) is 11.3 Å². The Balaban J connectivity index is 1.36. The van der Waals surface area contributed by atoms with Gasteiger partial charge in [0, 0.05) is 42.7 Å². The zero-order valence-corrected chi connectivity index (χ0v) is 16.8. The average molecular weight is 403 g/mol. The molecule has 1 saturated heterocycles. The van der Waals surface area contributed by atoms with E-state index < -0.39 is 0 Å². The van der Waals surface area contributed by atoms with Crippen molar-refractivity contribution >= 4 is 34.6 Å². The summed E-state index contributed by atoms with van der Waals surface area (Å²) in [5.41, 5.74) is 3.24. The minimum absolute atomic E-state index is 0.0381. The Kier molecular flexibility index (Phi) is 5.26. The fourth-order valence-corrected chi connectivity index (χ4v) is 3.86. The SMILES string of the molecule is Cc1noc(C)c1CNC(=O)CC1CCCN(c2nc3ccc(Cl)cc3o2)C1. The van der Waals surface area contributed by atoms with E-state index in [0.717, 1.165) is 48.5 Å². The van der Waals surface area contributed by atoms with E-state index in [1.165, 1.54) is 0 Å². The number of anilines is 1. The molecule has 3 aromatic rings. The number of hydrogen-bond acceptors (Lipinski definition) is 6. The third-order valence-corrected chi connectivity index (χ3v) is 5.48. The van der Waals surface area contributed by atoms with Crippen molar-refractivity contribution in [1.29, 1.82) is 0 Å². The highest BCUT2D eigenvalue weighted by Crippen LogP contribution is 2.29. The largest absolute Gasteiger partial charge is 0.423 e. The maximum atomic E-state index is 12.4. The number of aryl methyl sites for hydroxylation is 2. The van der Waals surface area contributed by atoms with E-state index in [2.05, 4.69) is 20.4 Å². The van der Waals surface area contributed by atoms with Crippen LogP contribution >= 0.6 is 11.6 Å². The van der Waals surface area contributed by atoms with Crippen molar-refractivity contribution in [2.24, 2.45) is 5.92 Å². The van der Waals surface area contributed by atoms with E-state index in [-0.39, 0.29) is 11.8 Å². The molecule has 3 heterocycles. The van der Waals surface area contributed by atoms with Gasteiger partial charge in [-0.15, -0.1) is 0 Å². The number of benzene rings is 1. The highest BCUT2D eigenvalue weighted by Gasteiger charge is 2.25. The summed E-state index contributed by atoms with van der Waals surface area (Å²) in [6, 6.07) is 6.03. The first kappa shape index (κ1) is 18.8. The van der Waals surface area contributed by atoms with Crippen molar-refractivity contribution in [1.82, 2.24) is 15.5 Å². The molecule has 28 heavy (non-hydrogen) atoms. The number of carbonyl (C=O) groups is 1. The van der Waals surface area contributed by atoms with Crippen molar-refractivity contribution < 1.29 is 13.7 Å². The van der Waals surface area contributed by atoms with Gasteiger partial charge in [0.25, 0.3) is 6.01 Å². The number of oxazole rings is 1. The fourth-order valence-electron chi connectivity index (χ4n) is 3.70. The second-order valence-electron chi connectivity index (χ2n) is 7.35. The summed E-state index contributed by atoms with van der Waals surface area (Å²) in [5, 5.41) is 7.53. The molecule has 0 radical (unpaired) electrons. The third kappa shape index (κ3) is 3.99. The van der Waals surface area contributed by atoms with E-state index in [9.17, 15) is 4.79 Å². The maximum absolute atomic E-state index is 12.4. The van der Waals surface area contributed by atoms with Crippen LogP contribution in [-0.4, -0.2) is 29.1 Å². The van der Waals surface area contributed by atoms with Gasteiger partial charge in [-0.1, -0.05) is 16.8 Å². The highest BCUT2D eigenvalue weighted by atomic mass is 35.5. The number of nitrogens with zero attached hydrogens (tertiary/aromatic N) is 3. The van der Waals surface area contributed by atoms with Crippen LogP contribution in [0.2, 0.25) is 5.02 Å². The van der Waals surface area contributed by atoms with Gasteiger partial charge in [-0.05, 0) is 44.7 Å². The molecule has 0 spiro atoms. The van der Waals surface area contributed by atoms with Crippen LogP contribution in [-0.2, 0) is 11.3 Å². The van der Waals surface area contributed by atoms with Crippen molar-refractivity contribution in [2.75, 3.05) is 18.0 Å². The third-order valence-electron chi connectivity index (χ3n) is 5.25. The zero-order chi connectivity index (χ0) is 19.7. The van der Waals surface area contributed by atoms with Gasteiger partial charge >= 0.3 is 0 Å². The van der Waals surface area contributed by atoms with Gasteiger partial charge in [0.05, 0.1) is 5.69 Å². The molecule has 1 aliphatic heterocycles. The van der Waals surface area contributed by atoms with Crippen molar-refractivity contribution in [2.45, 2.75) is 39.7 Å². The Morgan fingerprint density at radius 1 is 1.39 bits per heavy atom. The zero-order valence-electron chi connectivity index (χ0n) is 16.0. The summed E-state index contributed by atoms with van der Waals surface area (Å²) in [6.45, 7) is 5.80. The fraction of sp³-hybridized carbons (Fsp3) is 0.450. The van der Waals surface area contributed by atoms with E-state index in [0.29, 0.717) is 29.6 Å². The molecule has 7 nitrogen and oxygen atoms in total. The van der Waals surface area contributed by atoms with E-state index >= 15 is 0 Å². The monoisotopic (exact) mass is 402 g/mol. The van der Waals surface area contributed by atoms with Crippen molar-refractivity contribution in [3.05, 3.63) is 40.2 Å². The molecule has 1 amide bonds. The summed E-state index contributed by atoms with van der Waals surface area (Å²) in [5.74, 6) is 1.05. The topological polar surface area (TPSA) is 84.4 Å². The number of aromatic nitrogens is 2. The number of amides is 1. The number of fused-ring (bicyclic) bond motifs is 1. The number of carbonyl (C=O) groups excluding carboxylic acids is 1. The summed E-state index contributed by atoms with van der Waals surface area (Å²) in [4.78, 5) is 19.1. The molecule has 1 N–H and O–H groups in total. The van der Waals surface area contributed by atoms with Crippen LogP contribution in [0.15, 0.2) is 27.1 Å². The molecule has 8 heteroatoms. The van der Waals surface area contributed by atoms with Crippen LogP contribution in [0.3, 0.4) is 0 Å². The lowest BCUT2D eigenvalue weighted by Crippen LogP contribution is -2.38. The summed E-state index contributed by atoms with van der Waals surface area (Å²) in [7, 11) is 0. The Labute approximate surface area is 168 Å². The molecule has 1 aromatic carbocycles. The van der Waals surface area contributed by atoms with Crippen LogP contribution in [0.25, 0.3) is 11.1 Å². The van der Waals surface area contributed by atoms with Crippen molar-refractivity contribution in [3.63, 3.8) is 0 Å². The Morgan fingerprint density at radius 3 is 3.04 bits per heavy atom. The normalized spacial score (nSPS) is 17.2. The number of rotatable bonds is 5. The molecule has 0 saturated carbocycles. The van der Waals surface area contributed by atoms with Gasteiger partial charge in [0.15, 0.2) is 5.58 Å². The number of hydrogen-bond donors (Lipinski definition) is 1. The van der Waals surface area contributed by atoms with E-state index in [1.54, 1.807) is 12.1 Å².